The highest BCUT2D eigenvalue weighted by Crippen LogP contribution is 2.44. The molecule has 0 atom stereocenters. The minimum absolute atomic E-state index is 0.0190. The maximum absolute atomic E-state index is 13.0. The summed E-state index contributed by atoms with van der Waals surface area (Å²) in [5.74, 6) is -0.0190. The predicted molar refractivity (Wildman–Crippen MR) is 126 cm³/mol. The lowest BCUT2D eigenvalue weighted by Crippen LogP contribution is -2.09. The number of hydrogen-bond acceptors (Lipinski definition) is 8. The van der Waals surface area contributed by atoms with Gasteiger partial charge in [-0.05, 0) is 35.0 Å². The van der Waals surface area contributed by atoms with Crippen LogP contribution in [0.5, 0.6) is 0 Å². The van der Waals surface area contributed by atoms with Gasteiger partial charge in [0, 0.05) is 18.8 Å². The number of Topliss-reactive ketones (excluding diaryl/α,β-unsaturated/α-hetero) is 1. The van der Waals surface area contributed by atoms with Crippen molar-refractivity contribution in [1.29, 1.82) is 0 Å². The topological polar surface area (TPSA) is 17.1 Å². The first-order chi connectivity index (χ1) is 12.7. The van der Waals surface area contributed by atoms with E-state index in [9.17, 15) is 4.79 Å². The molecule has 26 heavy (non-hydrogen) atoms. The molecule has 126 valence electrons. The van der Waals surface area contributed by atoms with Crippen LogP contribution in [0.25, 0.3) is 37.6 Å². The van der Waals surface area contributed by atoms with E-state index in [-0.39, 0.29) is 5.78 Å². The van der Waals surface area contributed by atoms with Crippen molar-refractivity contribution in [3.63, 3.8) is 0 Å². The molecular formula is C18H6OS7. The van der Waals surface area contributed by atoms with Gasteiger partial charge < -0.3 is 0 Å². The number of thiophene rings is 6. The molecule has 0 spiro atoms. The number of thiocarbonyl (C=S) groups is 1. The quantitative estimate of drug-likeness (QED) is 0.194. The first-order valence-corrected chi connectivity index (χ1v) is 13.0. The standard InChI is InChI=1S/C18H6OS7/c19-13(9-5-11-17(25-9)15-7(23-11)1-3-21-15)14(20)10-6-12-18(26-10)16-8(24-12)2-4-22-16/h1-6H. The van der Waals surface area contributed by atoms with Crippen molar-refractivity contribution in [1.82, 2.24) is 0 Å². The van der Waals surface area contributed by atoms with Crippen molar-refractivity contribution >= 4 is 128 Å². The molecule has 0 unspecified atom stereocenters. The Bertz CT molecular complexity index is 1360. The molecule has 6 heterocycles. The fourth-order valence-corrected chi connectivity index (χ4v) is 10.8. The van der Waals surface area contributed by atoms with Crippen LogP contribution in [0, 0.1) is 0 Å². The average molecular weight is 463 g/mol. The zero-order chi connectivity index (χ0) is 17.4. The van der Waals surface area contributed by atoms with E-state index < -0.39 is 0 Å². The molecule has 6 aromatic heterocycles. The minimum Gasteiger partial charge on any atom is -0.287 e. The van der Waals surface area contributed by atoms with Crippen molar-refractivity contribution in [3.8, 4) is 0 Å². The van der Waals surface area contributed by atoms with Crippen molar-refractivity contribution in [2.75, 3.05) is 0 Å². The highest BCUT2D eigenvalue weighted by molar-refractivity contribution is 7.83. The number of rotatable bonds is 3. The van der Waals surface area contributed by atoms with Gasteiger partial charge in [-0.15, -0.1) is 68.0 Å². The number of ketones is 1. The fraction of sp³-hybridized carbons (Fsp3) is 0. The predicted octanol–water partition coefficient (Wildman–Crippen LogP) is 8.27. The summed E-state index contributed by atoms with van der Waals surface area (Å²) < 4.78 is 10.1. The third-order valence-corrected chi connectivity index (χ3v) is 11.9. The first kappa shape index (κ1) is 16.0. The van der Waals surface area contributed by atoms with E-state index in [1.54, 1.807) is 68.0 Å². The van der Waals surface area contributed by atoms with Crippen molar-refractivity contribution in [2.24, 2.45) is 0 Å². The van der Waals surface area contributed by atoms with Gasteiger partial charge in [0.1, 0.15) is 4.86 Å². The van der Waals surface area contributed by atoms with E-state index in [2.05, 4.69) is 29.0 Å². The Kier molecular flexibility index (Phi) is 3.54. The Morgan fingerprint density at radius 3 is 1.85 bits per heavy atom. The van der Waals surface area contributed by atoms with Gasteiger partial charge in [-0.3, -0.25) is 4.79 Å². The van der Waals surface area contributed by atoms with E-state index in [0.29, 0.717) is 4.86 Å². The molecule has 0 aromatic carbocycles. The zero-order valence-corrected chi connectivity index (χ0v) is 18.4. The highest BCUT2D eigenvalue weighted by Gasteiger charge is 2.22. The van der Waals surface area contributed by atoms with Crippen molar-refractivity contribution in [2.45, 2.75) is 0 Å². The van der Waals surface area contributed by atoms with Crippen LogP contribution in [-0.4, -0.2) is 10.6 Å². The van der Waals surface area contributed by atoms with Crippen LogP contribution in [-0.2, 0) is 0 Å². The maximum atomic E-state index is 13.0. The van der Waals surface area contributed by atoms with Crippen LogP contribution in [0.1, 0.15) is 14.5 Å². The summed E-state index contributed by atoms with van der Waals surface area (Å²) >= 11 is 15.8. The van der Waals surface area contributed by atoms with E-state index in [1.165, 1.54) is 37.6 Å². The lowest BCUT2D eigenvalue weighted by molar-refractivity contribution is 0.107. The molecule has 0 aliphatic carbocycles. The molecule has 0 aliphatic heterocycles. The lowest BCUT2D eigenvalue weighted by atomic mass is 10.2. The van der Waals surface area contributed by atoms with Crippen LogP contribution < -0.4 is 0 Å². The van der Waals surface area contributed by atoms with Gasteiger partial charge in [-0.25, -0.2) is 0 Å². The monoisotopic (exact) mass is 462 g/mol. The molecule has 0 saturated carbocycles. The molecule has 6 aromatic rings. The van der Waals surface area contributed by atoms with Crippen molar-refractivity contribution in [3.05, 3.63) is 44.8 Å². The van der Waals surface area contributed by atoms with E-state index in [4.69, 9.17) is 12.2 Å². The van der Waals surface area contributed by atoms with Crippen LogP contribution in [0.3, 0.4) is 0 Å². The Labute approximate surface area is 176 Å². The second-order valence-corrected chi connectivity index (χ2v) is 12.2. The fourth-order valence-electron chi connectivity index (χ4n) is 2.99. The van der Waals surface area contributed by atoms with Gasteiger partial charge in [-0.1, -0.05) is 12.2 Å². The summed E-state index contributed by atoms with van der Waals surface area (Å²) in [7, 11) is 0. The smallest absolute Gasteiger partial charge is 0.215 e. The molecule has 0 saturated heterocycles. The molecule has 6 rings (SSSR count). The maximum Gasteiger partial charge on any atom is 0.215 e. The molecule has 0 amide bonds. The van der Waals surface area contributed by atoms with Crippen LogP contribution in [0.15, 0.2) is 35.0 Å². The van der Waals surface area contributed by atoms with E-state index >= 15 is 0 Å². The molecule has 0 aliphatic rings. The van der Waals surface area contributed by atoms with Gasteiger partial charge in [0.25, 0.3) is 0 Å². The van der Waals surface area contributed by atoms with Gasteiger partial charge >= 0.3 is 0 Å². The molecular weight excluding hydrogens is 457 g/mol. The van der Waals surface area contributed by atoms with Gasteiger partial charge in [0.2, 0.25) is 5.78 Å². The van der Waals surface area contributed by atoms with E-state index in [1.807, 2.05) is 6.07 Å². The number of carbonyl (C=O) groups excluding carboxylic acids is 1. The van der Waals surface area contributed by atoms with Crippen LogP contribution in [0.2, 0.25) is 0 Å². The normalized spacial score (nSPS) is 12.2. The Balaban J connectivity index is 1.42. The van der Waals surface area contributed by atoms with Crippen molar-refractivity contribution < 1.29 is 4.79 Å². The number of hydrogen-bond donors (Lipinski definition) is 0. The summed E-state index contributed by atoms with van der Waals surface area (Å²) in [6, 6.07) is 8.40. The molecule has 1 nitrogen and oxygen atoms in total. The molecule has 8 heteroatoms. The zero-order valence-electron chi connectivity index (χ0n) is 12.7. The van der Waals surface area contributed by atoms with Crippen LogP contribution >= 0.6 is 80.2 Å². The second-order valence-electron chi connectivity index (χ2n) is 5.70. The van der Waals surface area contributed by atoms with Gasteiger partial charge in [0.15, 0.2) is 0 Å². The molecule has 0 bridgehead atoms. The SMILES string of the molecule is O=C(C(=S)c1cc2sc3ccsc3c2s1)c1cc2sc3ccsc3c2s1. The summed E-state index contributed by atoms with van der Waals surface area (Å²) in [6.45, 7) is 0. The Morgan fingerprint density at radius 2 is 1.23 bits per heavy atom. The highest BCUT2D eigenvalue weighted by atomic mass is 32.1. The number of fused-ring (bicyclic) bond motifs is 6. The molecule has 0 fully saturated rings. The lowest BCUT2D eigenvalue weighted by Gasteiger charge is -1.97. The third kappa shape index (κ3) is 2.21. The summed E-state index contributed by atoms with van der Waals surface area (Å²) in [5, 5.41) is 4.23. The Morgan fingerprint density at radius 1 is 0.692 bits per heavy atom. The summed E-state index contributed by atoms with van der Waals surface area (Å²) in [6.07, 6.45) is 0. The van der Waals surface area contributed by atoms with Crippen LogP contribution in [0.4, 0.5) is 0 Å². The van der Waals surface area contributed by atoms with E-state index in [0.717, 1.165) is 9.75 Å². The summed E-state index contributed by atoms with van der Waals surface area (Å²) in [5.41, 5.74) is 0. The van der Waals surface area contributed by atoms with Gasteiger partial charge in [-0.2, -0.15) is 0 Å². The Hall–Kier alpha value is -1.00. The first-order valence-electron chi connectivity index (χ1n) is 7.57. The third-order valence-electron chi connectivity index (χ3n) is 4.16. The number of carbonyl (C=O) groups is 1. The average Bonchev–Trinajstić information content (AvgIpc) is 3.38. The second kappa shape index (κ2) is 5.75. The minimum atomic E-state index is -0.0190. The molecule has 0 N–H and O–H groups in total. The molecule has 0 radical (unpaired) electrons. The summed E-state index contributed by atoms with van der Waals surface area (Å²) in [4.78, 5) is 15.1. The largest absolute Gasteiger partial charge is 0.287 e. The van der Waals surface area contributed by atoms with Gasteiger partial charge in [0.05, 0.1) is 28.6 Å².